The van der Waals surface area contributed by atoms with E-state index in [2.05, 4.69) is 5.32 Å². The summed E-state index contributed by atoms with van der Waals surface area (Å²) in [5, 5.41) is 11.3. The second-order valence-corrected chi connectivity index (χ2v) is 3.57. The smallest absolute Gasteiger partial charge is 0.323 e. The van der Waals surface area contributed by atoms with E-state index < -0.39 is 12.0 Å². The maximum atomic E-state index is 11.8. The zero-order chi connectivity index (χ0) is 13.5. The van der Waals surface area contributed by atoms with Gasteiger partial charge in [-0.05, 0) is 19.1 Å². The molecule has 0 saturated carbocycles. The zero-order valence-corrected chi connectivity index (χ0v) is 10.3. The van der Waals surface area contributed by atoms with E-state index in [4.69, 9.17) is 9.84 Å². The molecule has 0 saturated heterocycles. The van der Waals surface area contributed by atoms with Gasteiger partial charge in [0.15, 0.2) is 0 Å². The predicted molar refractivity (Wildman–Crippen MR) is 66.9 cm³/mol. The number of carbonyl (C=O) groups is 2. The zero-order valence-electron chi connectivity index (χ0n) is 10.3. The number of carboxylic acid groups (broad SMARTS) is 1. The Morgan fingerprint density at radius 3 is 2.72 bits per heavy atom. The van der Waals surface area contributed by atoms with E-state index in [0.717, 1.165) is 0 Å². The first-order valence-electron chi connectivity index (χ1n) is 5.48. The van der Waals surface area contributed by atoms with Crippen molar-refractivity contribution < 1.29 is 19.4 Å². The maximum absolute atomic E-state index is 11.8. The van der Waals surface area contributed by atoms with Crippen LogP contribution in [0.4, 0.5) is 10.5 Å². The molecule has 0 heterocycles. The summed E-state index contributed by atoms with van der Waals surface area (Å²) < 4.78 is 5.03. The second-order valence-electron chi connectivity index (χ2n) is 3.57. The average molecular weight is 252 g/mol. The SMILES string of the molecule is CCN(CC(=O)O)C(=O)Nc1cccc(OC)c1. The summed E-state index contributed by atoms with van der Waals surface area (Å²) in [5.74, 6) is -0.424. The first-order valence-corrected chi connectivity index (χ1v) is 5.48. The van der Waals surface area contributed by atoms with Gasteiger partial charge in [0.25, 0.3) is 0 Å². The molecule has 1 aromatic rings. The largest absolute Gasteiger partial charge is 0.497 e. The van der Waals surface area contributed by atoms with Gasteiger partial charge in [-0.25, -0.2) is 4.79 Å². The number of carbonyl (C=O) groups excluding carboxylic acids is 1. The van der Waals surface area contributed by atoms with Crippen molar-refractivity contribution in [1.82, 2.24) is 4.90 Å². The number of benzene rings is 1. The molecule has 6 heteroatoms. The van der Waals surface area contributed by atoms with Crippen molar-refractivity contribution >= 4 is 17.7 Å². The topological polar surface area (TPSA) is 78.9 Å². The first-order chi connectivity index (χ1) is 8.56. The number of nitrogens with zero attached hydrogens (tertiary/aromatic N) is 1. The van der Waals surface area contributed by atoms with Gasteiger partial charge in [-0.3, -0.25) is 4.79 Å². The highest BCUT2D eigenvalue weighted by molar-refractivity contribution is 5.91. The summed E-state index contributed by atoms with van der Waals surface area (Å²) in [6.07, 6.45) is 0. The third kappa shape index (κ3) is 3.97. The molecule has 0 aliphatic heterocycles. The Kier molecular flexibility index (Phi) is 4.98. The minimum Gasteiger partial charge on any atom is -0.497 e. The third-order valence-corrected chi connectivity index (χ3v) is 2.32. The highest BCUT2D eigenvalue weighted by atomic mass is 16.5. The molecule has 6 nitrogen and oxygen atoms in total. The van der Waals surface area contributed by atoms with Crippen molar-refractivity contribution in [3.8, 4) is 5.75 Å². The van der Waals surface area contributed by atoms with Crippen LogP contribution in [0.2, 0.25) is 0 Å². The number of nitrogens with one attached hydrogen (secondary N) is 1. The van der Waals surface area contributed by atoms with Crippen molar-refractivity contribution in [3.05, 3.63) is 24.3 Å². The second kappa shape index (κ2) is 6.48. The van der Waals surface area contributed by atoms with E-state index in [0.29, 0.717) is 18.0 Å². The molecule has 1 rings (SSSR count). The summed E-state index contributed by atoms with van der Waals surface area (Å²) in [5.41, 5.74) is 0.559. The molecule has 2 N–H and O–H groups in total. The van der Waals surface area contributed by atoms with Crippen LogP contribution in [-0.2, 0) is 4.79 Å². The standard InChI is InChI=1S/C12H16N2O4/c1-3-14(8-11(15)16)12(17)13-9-5-4-6-10(7-9)18-2/h4-7H,3,8H2,1-2H3,(H,13,17)(H,15,16). The number of hydrogen-bond donors (Lipinski definition) is 2. The number of urea groups is 1. The number of rotatable bonds is 5. The number of likely N-dealkylation sites (N-methyl/N-ethyl adjacent to an activating group) is 1. The van der Waals surface area contributed by atoms with Gasteiger partial charge >= 0.3 is 12.0 Å². The monoisotopic (exact) mass is 252 g/mol. The van der Waals surface area contributed by atoms with Crippen LogP contribution >= 0.6 is 0 Å². The van der Waals surface area contributed by atoms with E-state index in [-0.39, 0.29) is 6.54 Å². The van der Waals surface area contributed by atoms with Gasteiger partial charge in [0.2, 0.25) is 0 Å². The highest BCUT2D eigenvalue weighted by Gasteiger charge is 2.14. The van der Waals surface area contributed by atoms with E-state index in [1.54, 1.807) is 31.2 Å². The molecule has 2 amide bonds. The Bertz CT molecular complexity index is 434. The van der Waals surface area contributed by atoms with Gasteiger partial charge in [-0.1, -0.05) is 6.07 Å². The number of anilines is 1. The molecule has 0 aromatic heterocycles. The Hall–Kier alpha value is -2.24. The maximum Gasteiger partial charge on any atom is 0.323 e. The predicted octanol–water partition coefficient (Wildman–Crippen LogP) is 1.63. The van der Waals surface area contributed by atoms with Crippen LogP contribution < -0.4 is 10.1 Å². The molecule has 0 unspecified atom stereocenters. The van der Waals surface area contributed by atoms with Crippen LogP contribution in [0.25, 0.3) is 0 Å². The lowest BCUT2D eigenvalue weighted by atomic mass is 10.3. The van der Waals surface area contributed by atoms with Gasteiger partial charge in [0.05, 0.1) is 7.11 Å². The number of amides is 2. The van der Waals surface area contributed by atoms with Crippen LogP contribution in [-0.4, -0.2) is 42.2 Å². The summed E-state index contributed by atoms with van der Waals surface area (Å²) in [6, 6.07) is 6.40. The molecule has 0 spiro atoms. The summed E-state index contributed by atoms with van der Waals surface area (Å²) in [6.45, 7) is 1.71. The van der Waals surface area contributed by atoms with Crippen LogP contribution in [0.5, 0.6) is 5.75 Å². The third-order valence-electron chi connectivity index (χ3n) is 2.32. The lowest BCUT2D eigenvalue weighted by Crippen LogP contribution is -2.38. The molecule has 18 heavy (non-hydrogen) atoms. The van der Waals surface area contributed by atoms with E-state index in [9.17, 15) is 9.59 Å². The minimum atomic E-state index is -1.04. The summed E-state index contributed by atoms with van der Waals surface area (Å²) >= 11 is 0. The molecule has 0 aliphatic rings. The number of methoxy groups -OCH3 is 1. The van der Waals surface area contributed by atoms with Crippen molar-refractivity contribution in [2.24, 2.45) is 0 Å². The van der Waals surface area contributed by atoms with Gasteiger partial charge in [0.1, 0.15) is 12.3 Å². The Balaban J connectivity index is 2.69. The number of aliphatic carboxylic acids is 1. The Labute approximate surface area is 105 Å². The van der Waals surface area contributed by atoms with Crippen LogP contribution in [0.1, 0.15) is 6.92 Å². The molecule has 0 bridgehead atoms. The lowest BCUT2D eigenvalue weighted by molar-refractivity contribution is -0.137. The van der Waals surface area contributed by atoms with E-state index in [1.165, 1.54) is 12.0 Å². The van der Waals surface area contributed by atoms with Gasteiger partial charge in [-0.2, -0.15) is 0 Å². The molecule has 0 aliphatic carbocycles. The van der Waals surface area contributed by atoms with Crippen LogP contribution in [0.15, 0.2) is 24.3 Å². The fraction of sp³-hybridized carbons (Fsp3) is 0.333. The van der Waals surface area contributed by atoms with Gasteiger partial charge in [-0.15, -0.1) is 0 Å². The van der Waals surface area contributed by atoms with Crippen molar-refractivity contribution in [3.63, 3.8) is 0 Å². The Morgan fingerprint density at radius 1 is 1.44 bits per heavy atom. The summed E-state index contributed by atoms with van der Waals surface area (Å²) in [7, 11) is 1.53. The quantitative estimate of drug-likeness (QED) is 0.834. The molecular weight excluding hydrogens is 236 g/mol. The molecule has 1 aromatic carbocycles. The van der Waals surface area contributed by atoms with E-state index in [1.807, 2.05) is 0 Å². The van der Waals surface area contributed by atoms with Crippen molar-refractivity contribution in [2.75, 3.05) is 25.5 Å². The average Bonchev–Trinajstić information content (AvgIpc) is 2.35. The Morgan fingerprint density at radius 2 is 2.17 bits per heavy atom. The highest BCUT2D eigenvalue weighted by Crippen LogP contribution is 2.16. The van der Waals surface area contributed by atoms with Crippen LogP contribution in [0.3, 0.4) is 0 Å². The molecular formula is C12H16N2O4. The number of hydrogen-bond acceptors (Lipinski definition) is 3. The fourth-order valence-corrected chi connectivity index (χ4v) is 1.39. The summed E-state index contributed by atoms with van der Waals surface area (Å²) in [4.78, 5) is 23.6. The molecule has 0 radical (unpaired) electrons. The van der Waals surface area contributed by atoms with Crippen LogP contribution in [0, 0.1) is 0 Å². The lowest BCUT2D eigenvalue weighted by Gasteiger charge is -2.19. The van der Waals surface area contributed by atoms with E-state index >= 15 is 0 Å². The van der Waals surface area contributed by atoms with Crippen molar-refractivity contribution in [1.29, 1.82) is 0 Å². The van der Waals surface area contributed by atoms with Gasteiger partial charge in [0, 0.05) is 18.3 Å². The normalized spacial score (nSPS) is 9.67. The number of carboxylic acids is 1. The number of ether oxygens (including phenoxy) is 1. The minimum absolute atomic E-state index is 0.322. The first kappa shape index (κ1) is 13.8. The van der Waals surface area contributed by atoms with Crippen molar-refractivity contribution in [2.45, 2.75) is 6.92 Å². The van der Waals surface area contributed by atoms with Gasteiger partial charge < -0.3 is 20.1 Å². The molecule has 98 valence electrons. The fourth-order valence-electron chi connectivity index (χ4n) is 1.39. The molecule has 0 fully saturated rings. The molecule has 0 atom stereocenters.